The predicted molar refractivity (Wildman–Crippen MR) is 129 cm³/mol. The fourth-order valence-corrected chi connectivity index (χ4v) is 3.73. The van der Waals surface area contributed by atoms with Gasteiger partial charge in [0.25, 0.3) is 0 Å². The van der Waals surface area contributed by atoms with E-state index in [9.17, 15) is 4.79 Å². The van der Waals surface area contributed by atoms with E-state index in [1.807, 2.05) is 43.4 Å². The van der Waals surface area contributed by atoms with Crippen molar-refractivity contribution in [1.82, 2.24) is 4.90 Å². The van der Waals surface area contributed by atoms with Crippen molar-refractivity contribution in [3.05, 3.63) is 47.0 Å². The van der Waals surface area contributed by atoms with Gasteiger partial charge >= 0.3 is 5.97 Å². The first-order valence-electron chi connectivity index (χ1n) is 10.4. The molecule has 0 bridgehead atoms. The first-order chi connectivity index (χ1) is 14.2. The third kappa shape index (κ3) is 6.52. The molecular weight excluding hydrogens is 394 g/mol. The topological polar surface area (TPSA) is 53.9 Å². The number of esters is 1. The van der Waals surface area contributed by atoms with E-state index in [4.69, 9.17) is 4.74 Å². The van der Waals surface area contributed by atoms with Crippen molar-refractivity contribution in [2.24, 2.45) is 4.99 Å². The Balaban J connectivity index is 2.33. The quantitative estimate of drug-likeness (QED) is 0.219. The number of aliphatic imine (C=N–C) groups is 1. The maximum atomic E-state index is 12.5. The van der Waals surface area contributed by atoms with E-state index < -0.39 is 0 Å². The van der Waals surface area contributed by atoms with Crippen LogP contribution in [0.15, 0.2) is 40.2 Å². The van der Waals surface area contributed by atoms with E-state index in [0.717, 1.165) is 39.6 Å². The van der Waals surface area contributed by atoms with Gasteiger partial charge in [0.15, 0.2) is 0 Å². The zero-order chi connectivity index (χ0) is 22.3. The SMILES string of the molecule is CCOC(=O)c1cc(Nc2cc(C)c(/N=C/N(C)CC)cc2C)ccc1SC(C)C. The Labute approximate surface area is 184 Å². The maximum absolute atomic E-state index is 12.5. The van der Waals surface area contributed by atoms with Gasteiger partial charge in [-0.2, -0.15) is 0 Å². The van der Waals surface area contributed by atoms with Crippen LogP contribution in [0.1, 0.15) is 49.2 Å². The van der Waals surface area contributed by atoms with E-state index in [0.29, 0.717) is 17.4 Å². The Morgan fingerprint density at radius 1 is 1.20 bits per heavy atom. The Hall–Kier alpha value is -2.47. The first kappa shape index (κ1) is 23.8. The lowest BCUT2D eigenvalue weighted by Gasteiger charge is -2.16. The average molecular weight is 428 g/mol. The van der Waals surface area contributed by atoms with E-state index in [1.54, 1.807) is 11.8 Å². The van der Waals surface area contributed by atoms with Gasteiger partial charge in [-0.15, -0.1) is 11.8 Å². The fourth-order valence-electron chi connectivity index (χ4n) is 2.81. The molecule has 30 heavy (non-hydrogen) atoms. The van der Waals surface area contributed by atoms with E-state index in [1.165, 1.54) is 0 Å². The Morgan fingerprint density at radius 3 is 2.57 bits per heavy atom. The molecule has 6 heteroatoms. The molecule has 0 aliphatic carbocycles. The van der Waals surface area contributed by atoms with E-state index >= 15 is 0 Å². The van der Waals surface area contributed by atoms with E-state index in [2.05, 4.69) is 57.1 Å². The highest BCUT2D eigenvalue weighted by Gasteiger charge is 2.16. The molecule has 2 aromatic carbocycles. The van der Waals surface area contributed by atoms with E-state index in [-0.39, 0.29) is 5.97 Å². The minimum absolute atomic E-state index is 0.290. The summed E-state index contributed by atoms with van der Waals surface area (Å²) >= 11 is 1.66. The number of anilines is 2. The van der Waals surface area contributed by atoms with Gasteiger partial charge in [0.2, 0.25) is 0 Å². The molecule has 1 N–H and O–H groups in total. The Bertz CT molecular complexity index is 910. The first-order valence-corrected chi connectivity index (χ1v) is 11.2. The summed E-state index contributed by atoms with van der Waals surface area (Å²) in [4.78, 5) is 20.1. The van der Waals surface area contributed by atoms with Crippen molar-refractivity contribution in [2.45, 2.75) is 51.7 Å². The lowest BCUT2D eigenvalue weighted by molar-refractivity contribution is 0.0522. The maximum Gasteiger partial charge on any atom is 0.339 e. The normalized spacial score (nSPS) is 11.2. The summed E-state index contributed by atoms with van der Waals surface area (Å²) in [6.07, 6.45) is 1.85. The van der Waals surface area contributed by atoms with Crippen molar-refractivity contribution < 1.29 is 9.53 Å². The van der Waals surface area contributed by atoms with Gasteiger partial charge in [0.1, 0.15) is 0 Å². The molecule has 0 fully saturated rings. The van der Waals surface area contributed by atoms with Crippen LogP contribution in [0.2, 0.25) is 0 Å². The molecule has 0 amide bonds. The number of carbonyl (C=O) groups excluding carboxylic acids is 1. The van der Waals surface area contributed by atoms with Gasteiger partial charge in [-0.3, -0.25) is 0 Å². The van der Waals surface area contributed by atoms with Crippen LogP contribution < -0.4 is 5.32 Å². The van der Waals surface area contributed by atoms with Crippen molar-refractivity contribution in [3.8, 4) is 0 Å². The molecule has 0 saturated heterocycles. The number of hydrogen-bond acceptors (Lipinski definition) is 5. The molecule has 0 saturated carbocycles. The summed E-state index contributed by atoms with van der Waals surface area (Å²) in [5.74, 6) is -0.290. The van der Waals surface area contributed by atoms with Crippen LogP contribution in [0.3, 0.4) is 0 Å². The molecule has 0 unspecified atom stereocenters. The minimum Gasteiger partial charge on any atom is -0.462 e. The highest BCUT2D eigenvalue weighted by molar-refractivity contribution is 8.00. The third-order valence-electron chi connectivity index (χ3n) is 4.55. The average Bonchev–Trinajstić information content (AvgIpc) is 2.70. The molecule has 5 nitrogen and oxygen atoms in total. The van der Waals surface area contributed by atoms with Gasteiger partial charge < -0.3 is 15.0 Å². The molecule has 162 valence electrons. The largest absolute Gasteiger partial charge is 0.462 e. The second-order valence-corrected chi connectivity index (χ2v) is 9.11. The van der Waals surface area contributed by atoms with Crippen molar-refractivity contribution in [2.75, 3.05) is 25.5 Å². The number of benzene rings is 2. The molecule has 0 aromatic heterocycles. The standard InChI is InChI=1S/C24H33N3O2S/c1-8-27(7)15-25-21-12-18(6)22(13-17(21)5)26-19-10-11-23(30-16(3)4)20(14-19)24(28)29-9-2/h10-16,26H,8-9H2,1-7H3/b25-15+. The zero-order valence-corrected chi connectivity index (χ0v) is 19.9. The van der Waals surface area contributed by atoms with Gasteiger partial charge in [-0.1, -0.05) is 13.8 Å². The number of nitrogens with zero attached hydrogens (tertiary/aromatic N) is 2. The summed E-state index contributed by atoms with van der Waals surface area (Å²) < 4.78 is 5.27. The predicted octanol–water partition coefficient (Wildman–Crippen LogP) is 6.34. The molecular formula is C24H33N3O2S. The molecule has 2 rings (SSSR count). The highest BCUT2D eigenvalue weighted by Crippen LogP contribution is 2.32. The van der Waals surface area contributed by atoms with Gasteiger partial charge in [0.05, 0.1) is 24.2 Å². The molecule has 0 aliphatic rings. The van der Waals surface area contributed by atoms with Crippen LogP contribution in [0.5, 0.6) is 0 Å². The van der Waals surface area contributed by atoms with Crippen molar-refractivity contribution in [3.63, 3.8) is 0 Å². The molecule has 0 heterocycles. The molecule has 2 aromatic rings. The fraction of sp³-hybridized carbons (Fsp3) is 0.417. The zero-order valence-electron chi connectivity index (χ0n) is 19.1. The van der Waals surface area contributed by atoms with Crippen molar-refractivity contribution >= 4 is 41.1 Å². The lowest BCUT2D eigenvalue weighted by atomic mass is 10.1. The van der Waals surface area contributed by atoms with Crippen LogP contribution in [-0.2, 0) is 4.74 Å². The number of ether oxygens (including phenoxy) is 1. The highest BCUT2D eigenvalue weighted by atomic mass is 32.2. The van der Waals surface area contributed by atoms with Crippen LogP contribution in [0, 0.1) is 13.8 Å². The van der Waals surface area contributed by atoms with Crippen LogP contribution >= 0.6 is 11.8 Å². The summed E-state index contributed by atoms with van der Waals surface area (Å²) in [7, 11) is 2.00. The number of carbonyl (C=O) groups is 1. The van der Waals surface area contributed by atoms with Gasteiger partial charge in [-0.05, 0) is 69.2 Å². The molecule has 0 radical (unpaired) electrons. The Morgan fingerprint density at radius 2 is 1.93 bits per heavy atom. The molecule has 0 spiro atoms. The lowest BCUT2D eigenvalue weighted by Crippen LogP contribution is -2.14. The number of rotatable bonds is 9. The Kier molecular flexibility index (Phi) is 8.78. The van der Waals surface area contributed by atoms with Crippen LogP contribution in [0.4, 0.5) is 17.1 Å². The second kappa shape index (κ2) is 11.1. The third-order valence-corrected chi connectivity index (χ3v) is 5.63. The summed E-state index contributed by atoms with van der Waals surface area (Å²) in [5, 5.41) is 3.83. The van der Waals surface area contributed by atoms with Crippen molar-refractivity contribution in [1.29, 1.82) is 0 Å². The number of nitrogens with one attached hydrogen (secondary N) is 1. The van der Waals surface area contributed by atoms with Gasteiger partial charge in [0, 0.05) is 35.1 Å². The monoisotopic (exact) mass is 427 g/mol. The number of aryl methyl sites for hydroxylation is 2. The van der Waals surface area contributed by atoms with Crippen LogP contribution in [0.25, 0.3) is 0 Å². The molecule has 0 aliphatic heterocycles. The summed E-state index contributed by atoms with van der Waals surface area (Å²) in [6, 6.07) is 10.0. The number of thioether (sulfide) groups is 1. The summed E-state index contributed by atoms with van der Waals surface area (Å²) in [5.41, 5.74) is 5.57. The summed E-state index contributed by atoms with van der Waals surface area (Å²) in [6.45, 7) is 13.5. The van der Waals surface area contributed by atoms with Crippen LogP contribution in [-0.4, -0.2) is 42.7 Å². The smallest absolute Gasteiger partial charge is 0.339 e. The minimum atomic E-state index is -0.290. The number of hydrogen-bond donors (Lipinski definition) is 1. The second-order valence-electron chi connectivity index (χ2n) is 7.49. The molecule has 0 atom stereocenters. The van der Waals surface area contributed by atoms with Gasteiger partial charge in [-0.25, -0.2) is 9.79 Å².